The van der Waals surface area contributed by atoms with Crippen molar-refractivity contribution in [3.8, 4) is 0 Å². The lowest BCUT2D eigenvalue weighted by Gasteiger charge is -2.47. The molecule has 2 aliphatic heterocycles. The van der Waals surface area contributed by atoms with Crippen LogP contribution < -0.4 is 10.8 Å². The van der Waals surface area contributed by atoms with Crippen molar-refractivity contribution in [1.29, 1.82) is 0 Å². The molecule has 4 aliphatic rings. The highest BCUT2D eigenvalue weighted by atomic mass is 19.1. The molecule has 3 atom stereocenters. The Morgan fingerprint density at radius 1 is 1.09 bits per heavy atom. The van der Waals surface area contributed by atoms with Gasteiger partial charge in [-0.3, -0.25) is 14.6 Å². The number of ether oxygens (including phenoxy) is 1. The van der Waals surface area contributed by atoms with Crippen molar-refractivity contribution >= 4 is 29.2 Å². The fraction of sp³-hybridized carbons (Fsp3) is 0.452. The zero-order valence-electron chi connectivity index (χ0n) is 25.6. The van der Waals surface area contributed by atoms with Gasteiger partial charge in [-0.1, -0.05) is 12.1 Å². The van der Waals surface area contributed by atoms with Gasteiger partial charge < -0.3 is 15.0 Å². The molecular weight excluding hydrogens is 593 g/mol. The minimum Gasteiger partial charge on any atom is -0.374 e. The lowest BCUT2D eigenvalue weighted by atomic mass is 9.88. The summed E-state index contributed by atoms with van der Waals surface area (Å²) in [6.45, 7) is -0.135. The Bertz CT molecular complexity index is 1470. The van der Waals surface area contributed by atoms with Gasteiger partial charge in [0.05, 0.1) is 19.4 Å². The maximum atomic E-state index is 15.7. The SMILES string of the molecule is CONC(=O)Nc1ccc(C2=CN3C(C(=O)N(C4=C(F)[C@@H](OC)CCC4)C(=O)N3CC3=C(F)CCC=C3F)[C@@H]2CN(C)C)cc1. The number of fused-ring (bicyclic) bond motifs is 1. The molecule has 2 heterocycles. The van der Waals surface area contributed by atoms with Crippen molar-refractivity contribution in [2.75, 3.05) is 46.7 Å². The molecule has 2 N–H and O–H groups in total. The predicted octanol–water partition coefficient (Wildman–Crippen LogP) is 5.00. The molecule has 242 valence electrons. The molecule has 1 fully saturated rings. The third kappa shape index (κ3) is 6.35. The largest absolute Gasteiger partial charge is 0.374 e. The van der Waals surface area contributed by atoms with E-state index >= 15 is 4.39 Å². The van der Waals surface area contributed by atoms with Gasteiger partial charge in [0.1, 0.15) is 29.6 Å². The number of rotatable bonds is 9. The smallest absolute Gasteiger partial charge is 0.350 e. The molecule has 0 aromatic heterocycles. The summed E-state index contributed by atoms with van der Waals surface area (Å²) in [5, 5.41) is 5.18. The Morgan fingerprint density at radius 2 is 1.82 bits per heavy atom. The molecule has 5 amide bonds. The van der Waals surface area contributed by atoms with E-state index in [1.165, 1.54) is 25.3 Å². The quantitative estimate of drug-likeness (QED) is 0.370. The minimum atomic E-state index is -1.02. The van der Waals surface area contributed by atoms with Crippen molar-refractivity contribution in [3.63, 3.8) is 0 Å². The number of urea groups is 2. The van der Waals surface area contributed by atoms with Crippen molar-refractivity contribution in [3.05, 3.63) is 70.9 Å². The highest BCUT2D eigenvalue weighted by molar-refractivity contribution is 6.03. The summed E-state index contributed by atoms with van der Waals surface area (Å²) < 4.78 is 50.9. The third-order valence-electron chi connectivity index (χ3n) is 8.34. The number of nitrogens with one attached hydrogen (secondary N) is 2. The Labute approximate surface area is 259 Å². The van der Waals surface area contributed by atoms with Crippen LogP contribution in [0.2, 0.25) is 0 Å². The molecule has 45 heavy (non-hydrogen) atoms. The fourth-order valence-corrected chi connectivity index (χ4v) is 6.26. The number of imide groups is 1. The second-order valence-electron chi connectivity index (χ2n) is 11.5. The molecular formula is C31H37F3N6O5. The van der Waals surface area contributed by atoms with Crippen LogP contribution in [-0.4, -0.2) is 91.3 Å². The van der Waals surface area contributed by atoms with Crippen LogP contribution in [0.3, 0.4) is 0 Å². The van der Waals surface area contributed by atoms with Crippen LogP contribution in [-0.2, 0) is 14.4 Å². The molecule has 1 saturated heterocycles. The molecule has 11 nitrogen and oxygen atoms in total. The van der Waals surface area contributed by atoms with E-state index in [2.05, 4.69) is 15.6 Å². The topological polar surface area (TPSA) is 107 Å². The van der Waals surface area contributed by atoms with E-state index in [9.17, 15) is 23.2 Å². The molecule has 0 saturated carbocycles. The number of allylic oxidation sites excluding steroid dienone is 3. The van der Waals surface area contributed by atoms with E-state index in [-0.39, 0.29) is 30.5 Å². The number of carbonyl (C=O) groups is 3. The zero-order valence-corrected chi connectivity index (χ0v) is 25.6. The van der Waals surface area contributed by atoms with Crippen LogP contribution in [0.5, 0.6) is 0 Å². The molecule has 14 heteroatoms. The summed E-state index contributed by atoms with van der Waals surface area (Å²) in [6, 6.07) is 4.35. The second-order valence-corrected chi connectivity index (χ2v) is 11.5. The number of hydrogen-bond acceptors (Lipinski definition) is 7. The first-order valence-corrected chi connectivity index (χ1v) is 14.7. The fourth-order valence-electron chi connectivity index (χ4n) is 6.26. The van der Waals surface area contributed by atoms with Gasteiger partial charge in [-0.25, -0.2) is 38.1 Å². The van der Waals surface area contributed by atoms with Gasteiger partial charge in [-0.2, -0.15) is 0 Å². The number of hydrazine groups is 1. The Hall–Kier alpha value is -4.14. The Balaban J connectivity index is 1.59. The Morgan fingerprint density at radius 3 is 2.47 bits per heavy atom. The number of carbonyl (C=O) groups excluding carboxylic acids is 3. The van der Waals surface area contributed by atoms with Gasteiger partial charge >= 0.3 is 12.1 Å². The first kappa shape index (κ1) is 32.3. The number of hydrogen-bond donors (Lipinski definition) is 2. The highest BCUT2D eigenvalue weighted by Crippen LogP contribution is 2.43. The van der Waals surface area contributed by atoms with Crippen LogP contribution in [0.4, 0.5) is 28.4 Å². The first-order valence-electron chi connectivity index (χ1n) is 14.7. The summed E-state index contributed by atoms with van der Waals surface area (Å²) in [6.07, 6.45) is 3.17. The van der Waals surface area contributed by atoms with Gasteiger partial charge in [0, 0.05) is 43.5 Å². The number of amides is 5. The van der Waals surface area contributed by atoms with Crippen LogP contribution in [0.25, 0.3) is 5.57 Å². The summed E-state index contributed by atoms with van der Waals surface area (Å²) in [7, 11) is 6.35. The molecule has 0 radical (unpaired) electrons. The van der Waals surface area contributed by atoms with Gasteiger partial charge in [0.25, 0.3) is 5.91 Å². The number of halogens is 3. The number of hydroxylamine groups is 1. The van der Waals surface area contributed by atoms with Gasteiger partial charge in [0.2, 0.25) is 0 Å². The van der Waals surface area contributed by atoms with Crippen molar-refractivity contribution < 1.29 is 37.1 Å². The summed E-state index contributed by atoms with van der Waals surface area (Å²) >= 11 is 0. The van der Waals surface area contributed by atoms with E-state index in [1.54, 1.807) is 30.5 Å². The number of benzene rings is 1. The van der Waals surface area contributed by atoms with Crippen LogP contribution >= 0.6 is 0 Å². The first-order chi connectivity index (χ1) is 21.5. The lowest BCUT2D eigenvalue weighted by molar-refractivity contribution is -0.145. The summed E-state index contributed by atoms with van der Waals surface area (Å²) in [4.78, 5) is 47.7. The summed E-state index contributed by atoms with van der Waals surface area (Å²) in [5.74, 6) is -3.33. The van der Waals surface area contributed by atoms with Crippen LogP contribution in [0.1, 0.15) is 37.7 Å². The number of nitrogens with zero attached hydrogens (tertiary/aromatic N) is 4. The number of anilines is 1. The van der Waals surface area contributed by atoms with Crippen molar-refractivity contribution in [2.24, 2.45) is 5.92 Å². The second kappa shape index (κ2) is 13.5. The predicted molar refractivity (Wildman–Crippen MR) is 160 cm³/mol. The highest BCUT2D eigenvalue weighted by Gasteiger charge is 2.54. The molecule has 1 aromatic carbocycles. The van der Waals surface area contributed by atoms with Crippen molar-refractivity contribution in [1.82, 2.24) is 25.3 Å². The molecule has 2 aliphatic carbocycles. The maximum absolute atomic E-state index is 15.7. The monoisotopic (exact) mass is 630 g/mol. The van der Waals surface area contributed by atoms with E-state index in [0.717, 1.165) is 9.91 Å². The average Bonchev–Trinajstić information content (AvgIpc) is 3.36. The normalized spacial score (nSPS) is 23.9. The zero-order chi connectivity index (χ0) is 32.4. The number of methoxy groups -OCH3 is 1. The molecule has 5 rings (SSSR count). The standard InChI is InChI=1S/C31H37F3N6O5/c1-37(2)15-21-20(18-11-13-19(14-12-18)35-30(42)36-45-4)16-38-28(21)29(41)40(25-9-6-10-26(44-3)27(25)34)31(43)39(38)17-22-23(32)7-5-8-24(22)33/h7,11-14,16,21,26,28H,5-6,8-10,15,17H2,1-4H3,(H2,35,36,42)/t21-,26+,28?/m1/s1. The Kier molecular flexibility index (Phi) is 9.65. The third-order valence-corrected chi connectivity index (χ3v) is 8.34. The van der Waals surface area contributed by atoms with Gasteiger partial charge in [-0.05, 0) is 69.1 Å². The van der Waals surface area contributed by atoms with Crippen LogP contribution in [0, 0.1) is 5.92 Å². The van der Waals surface area contributed by atoms with Crippen LogP contribution in [0.15, 0.2) is 65.3 Å². The maximum Gasteiger partial charge on any atom is 0.350 e. The molecule has 0 bridgehead atoms. The minimum absolute atomic E-state index is 0.0146. The molecule has 0 spiro atoms. The summed E-state index contributed by atoms with van der Waals surface area (Å²) in [5.41, 5.74) is 3.63. The van der Waals surface area contributed by atoms with E-state index in [0.29, 0.717) is 36.2 Å². The van der Waals surface area contributed by atoms with Gasteiger partial charge in [-0.15, -0.1) is 0 Å². The van der Waals surface area contributed by atoms with Gasteiger partial charge in [0.15, 0.2) is 0 Å². The van der Waals surface area contributed by atoms with E-state index in [4.69, 9.17) is 4.74 Å². The average molecular weight is 631 g/mol. The molecule has 1 unspecified atom stereocenters. The lowest BCUT2D eigenvalue weighted by Crippen LogP contribution is -2.66. The van der Waals surface area contributed by atoms with E-state index in [1.807, 2.05) is 19.0 Å². The molecule has 1 aromatic rings. The van der Waals surface area contributed by atoms with Crippen molar-refractivity contribution in [2.45, 2.75) is 44.2 Å². The van der Waals surface area contributed by atoms with E-state index < -0.39 is 60.1 Å².